The molecule has 148 valence electrons. The van der Waals surface area contributed by atoms with Crippen LogP contribution >= 0.6 is 0 Å². The van der Waals surface area contributed by atoms with Gasteiger partial charge in [-0.3, -0.25) is 14.5 Å². The number of amides is 2. The fourth-order valence-corrected chi connectivity index (χ4v) is 3.95. The van der Waals surface area contributed by atoms with Gasteiger partial charge in [-0.15, -0.1) is 0 Å². The van der Waals surface area contributed by atoms with Crippen LogP contribution in [0.15, 0.2) is 24.3 Å². The van der Waals surface area contributed by atoms with Gasteiger partial charge in [0.25, 0.3) is 0 Å². The topological polar surface area (TPSA) is 53.1 Å². The summed E-state index contributed by atoms with van der Waals surface area (Å²) >= 11 is 0. The molecule has 0 radical (unpaired) electrons. The van der Waals surface area contributed by atoms with Crippen LogP contribution in [0.25, 0.3) is 0 Å². The highest BCUT2D eigenvalue weighted by molar-refractivity contribution is 5.89. The molecule has 1 aromatic carbocycles. The van der Waals surface area contributed by atoms with Crippen LogP contribution in [0.5, 0.6) is 5.75 Å². The molecule has 27 heavy (non-hydrogen) atoms. The van der Waals surface area contributed by atoms with Crippen molar-refractivity contribution in [2.45, 2.75) is 39.3 Å². The highest BCUT2D eigenvalue weighted by Gasteiger charge is 2.37. The molecule has 2 aliphatic rings. The molecular weight excluding hydrogens is 342 g/mol. The average Bonchev–Trinajstić information content (AvgIpc) is 3.17. The van der Waals surface area contributed by atoms with Crippen LogP contribution in [0.2, 0.25) is 0 Å². The van der Waals surface area contributed by atoms with E-state index in [1.54, 1.807) is 12.0 Å². The van der Waals surface area contributed by atoms with E-state index in [2.05, 4.69) is 17.0 Å². The highest BCUT2D eigenvalue weighted by Crippen LogP contribution is 2.22. The van der Waals surface area contributed by atoms with Gasteiger partial charge in [0.2, 0.25) is 11.8 Å². The van der Waals surface area contributed by atoms with Gasteiger partial charge >= 0.3 is 0 Å². The van der Waals surface area contributed by atoms with Crippen molar-refractivity contribution in [3.05, 3.63) is 29.8 Å². The van der Waals surface area contributed by atoms with E-state index in [1.807, 2.05) is 30.9 Å². The summed E-state index contributed by atoms with van der Waals surface area (Å²) in [5, 5.41) is 0. The summed E-state index contributed by atoms with van der Waals surface area (Å²) < 4.78 is 5.20. The van der Waals surface area contributed by atoms with E-state index in [9.17, 15) is 9.59 Å². The molecule has 0 aromatic heterocycles. The molecule has 0 spiro atoms. The lowest BCUT2D eigenvalue weighted by atomic mass is 10.1. The number of ether oxygens (including phenoxy) is 1. The Balaban J connectivity index is 1.52. The third kappa shape index (κ3) is 4.61. The maximum Gasteiger partial charge on any atom is 0.245 e. The summed E-state index contributed by atoms with van der Waals surface area (Å²) in [6, 6.07) is 7.88. The van der Waals surface area contributed by atoms with Crippen LogP contribution < -0.4 is 4.74 Å². The van der Waals surface area contributed by atoms with Crippen molar-refractivity contribution in [2.75, 3.05) is 39.8 Å². The molecule has 2 aliphatic heterocycles. The number of hydrogen-bond acceptors (Lipinski definition) is 4. The van der Waals surface area contributed by atoms with Crippen LogP contribution in [0.1, 0.15) is 32.3 Å². The Kier molecular flexibility index (Phi) is 6.37. The number of rotatable bonds is 5. The van der Waals surface area contributed by atoms with Crippen molar-refractivity contribution in [3.63, 3.8) is 0 Å². The van der Waals surface area contributed by atoms with Gasteiger partial charge in [0.05, 0.1) is 7.11 Å². The molecule has 2 amide bonds. The standard InChI is InChI=1S/C21H31N3O3/c1-16(2)20(25)24-10-4-5-19(24)21(26)23-13-11-22(12-14-23)15-17-6-8-18(27-3)9-7-17/h6-9,16,19H,4-5,10-15H2,1-3H3/t19-/m1/s1. The molecule has 0 N–H and O–H groups in total. The summed E-state index contributed by atoms with van der Waals surface area (Å²) in [6.07, 6.45) is 1.72. The molecule has 1 atom stereocenters. The number of benzene rings is 1. The van der Waals surface area contributed by atoms with Crippen molar-refractivity contribution in [3.8, 4) is 5.75 Å². The van der Waals surface area contributed by atoms with E-state index < -0.39 is 0 Å². The third-order valence-corrected chi connectivity index (χ3v) is 5.56. The first kappa shape index (κ1) is 19.7. The summed E-state index contributed by atoms with van der Waals surface area (Å²) in [7, 11) is 1.67. The number of carbonyl (C=O) groups excluding carboxylic acids is 2. The van der Waals surface area contributed by atoms with Gasteiger partial charge in [0.15, 0.2) is 0 Å². The molecule has 6 heteroatoms. The molecule has 2 fully saturated rings. The largest absolute Gasteiger partial charge is 0.497 e. The lowest BCUT2D eigenvalue weighted by Crippen LogP contribution is -2.54. The first-order chi connectivity index (χ1) is 13.0. The van der Waals surface area contributed by atoms with Gasteiger partial charge in [-0.2, -0.15) is 0 Å². The second kappa shape index (κ2) is 8.74. The fraction of sp³-hybridized carbons (Fsp3) is 0.619. The average molecular weight is 373 g/mol. The van der Waals surface area contributed by atoms with Crippen molar-refractivity contribution < 1.29 is 14.3 Å². The predicted molar refractivity (Wildman–Crippen MR) is 104 cm³/mol. The highest BCUT2D eigenvalue weighted by atomic mass is 16.5. The van der Waals surface area contributed by atoms with Gasteiger partial charge in [-0.1, -0.05) is 26.0 Å². The molecule has 1 aromatic rings. The van der Waals surface area contributed by atoms with E-state index >= 15 is 0 Å². The van der Waals surface area contributed by atoms with Gasteiger partial charge in [0, 0.05) is 45.2 Å². The minimum absolute atomic E-state index is 0.0558. The molecule has 3 rings (SSSR count). The number of methoxy groups -OCH3 is 1. The summed E-state index contributed by atoms with van der Waals surface area (Å²) in [5.41, 5.74) is 1.25. The van der Waals surface area contributed by atoms with E-state index in [1.165, 1.54) is 5.56 Å². The molecule has 0 bridgehead atoms. The number of likely N-dealkylation sites (tertiary alicyclic amines) is 1. The van der Waals surface area contributed by atoms with Crippen LogP contribution in [0.3, 0.4) is 0 Å². The number of carbonyl (C=O) groups is 2. The van der Waals surface area contributed by atoms with Crippen molar-refractivity contribution >= 4 is 11.8 Å². The normalized spacial score (nSPS) is 21.0. The predicted octanol–water partition coefficient (Wildman–Crippen LogP) is 1.99. The Morgan fingerprint density at radius 2 is 1.74 bits per heavy atom. The lowest BCUT2D eigenvalue weighted by Gasteiger charge is -2.37. The van der Waals surface area contributed by atoms with E-state index in [0.717, 1.165) is 51.3 Å². The van der Waals surface area contributed by atoms with Crippen LogP contribution in [-0.4, -0.2) is 72.4 Å². The molecule has 0 saturated carbocycles. The lowest BCUT2D eigenvalue weighted by molar-refractivity contribution is -0.146. The summed E-state index contributed by atoms with van der Waals surface area (Å²) in [5.74, 6) is 1.04. The zero-order valence-corrected chi connectivity index (χ0v) is 16.7. The zero-order valence-electron chi connectivity index (χ0n) is 16.7. The third-order valence-electron chi connectivity index (χ3n) is 5.56. The minimum atomic E-state index is -0.256. The maximum absolute atomic E-state index is 13.0. The Hall–Kier alpha value is -2.08. The number of piperazine rings is 1. The molecular formula is C21H31N3O3. The zero-order chi connectivity index (χ0) is 19.4. The van der Waals surface area contributed by atoms with Gasteiger partial charge in [0.1, 0.15) is 11.8 Å². The molecule has 2 heterocycles. The minimum Gasteiger partial charge on any atom is -0.497 e. The maximum atomic E-state index is 13.0. The van der Waals surface area contributed by atoms with E-state index in [4.69, 9.17) is 4.74 Å². The van der Waals surface area contributed by atoms with E-state index in [-0.39, 0.29) is 23.8 Å². The monoisotopic (exact) mass is 373 g/mol. The fourth-order valence-electron chi connectivity index (χ4n) is 3.95. The first-order valence-corrected chi connectivity index (χ1v) is 9.94. The Labute approximate surface area is 162 Å². The SMILES string of the molecule is COc1ccc(CN2CCN(C(=O)[C@H]3CCCN3C(=O)C(C)C)CC2)cc1. The van der Waals surface area contributed by atoms with E-state index in [0.29, 0.717) is 6.54 Å². The van der Waals surface area contributed by atoms with Crippen molar-refractivity contribution in [1.29, 1.82) is 0 Å². The summed E-state index contributed by atoms with van der Waals surface area (Å²) in [6.45, 7) is 8.59. The Morgan fingerprint density at radius 1 is 1.07 bits per heavy atom. The molecule has 2 saturated heterocycles. The van der Waals surface area contributed by atoms with Gasteiger partial charge in [-0.25, -0.2) is 0 Å². The van der Waals surface area contributed by atoms with Crippen LogP contribution in [0.4, 0.5) is 0 Å². The second-order valence-corrected chi connectivity index (χ2v) is 7.79. The second-order valence-electron chi connectivity index (χ2n) is 7.79. The quantitative estimate of drug-likeness (QED) is 0.792. The number of hydrogen-bond donors (Lipinski definition) is 0. The van der Waals surface area contributed by atoms with Crippen LogP contribution in [-0.2, 0) is 16.1 Å². The first-order valence-electron chi connectivity index (χ1n) is 9.94. The Morgan fingerprint density at radius 3 is 2.33 bits per heavy atom. The summed E-state index contributed by atoms with van der Waals surface area (Å²) in [4.78, 5) is 31.5. The Bertz CT molecular complexity index is 651. The smallest absolute Gasteiger partial charge is 0.245 e. The molecule has 0 unspecified atom stereocenters. The molecule has 0 aliphatic carbocycles. The molecule has 6 nitrogen and oxygen atoms in total. The van der Waals surface area contributed by atoms with Crippen molar-refractivity contribution in [2.24, 2.45) is 5.92 Å². The van der Waals surface area contributed by atoms with Crippen molar-refractivity contribution in [1.82, 2.24) is 14.7 Å². The van der Waals surface area contributed by atoms with Gasteiger partial charge in [-0.05, 0) is 30.5 Å². The van der Waals surface area contributed by atoms with Crippen LogP contribution in [0, 0.1) is 5.92 Å². The van der Waals surface area contributed by atoms with Gasteiger partial charge < -0.3 is 14.5 Å². The number of nitrogens with zero attached hydrogens (tertiary/aromatic N) is 3.